The standard InChI is InChI=1S/C23H22FN3O2/c24-22-10-12-25-14-21(22)17-6-8-19(9-7-17)27(18-4-2-1-3-5-18)20-11-13-26(15-20)16-23(28)29/h1-10,12,14,20H,11,13,15-16H2,(H,28,29). The summed E-state index contributed by atoms with van der Waals surface area (Å²) >= 11 is 0. The van der Waals surface area contributed by atoms with Crippen molar-refractivity contribution in [2.24, 2.45) is 0 Å². The van der Waals surface area contributed by atoms with Gasteiger partial charge in [0.25, 0.3) is 0 Å². The van der Waals surface area contributed by atoms with Gasteiger partial charge in [0.15, 0.2) is 0 Å². The Morgan fingerprint density at radius 3 is 2.52 bits per heavy atom. The highest BCUT2D eigenvalue weighted by Gasteiger charge is 2.30. The summed E-state index contributed by atoms with van der Waals surface area (Å²) in [6.45, 7) is 1.48. The molecule has 0 spiro atoms. The van der Waals surface area contributed by atoms with E-state index in [1.165, 1.54) is 18.5 Å². The van der Waals surface area contributed by atoms with Crippen molar-refractivity contribution in [3.05, 3.63) is 78.9 Å². The molecule has 0 radical (unpaired) electrons. The van der Waals surface area contributed by atoms with Crippen LogP contribution in [0.3, 0.4) is 0 Å². The summed E-state index contributed by atoms with van der Waals surface area (Å²) in [7, 11) is 0. The lowest BCUT2D eigenvalue weighted by Gasteiger charge is -2.31. The fraction of sp³-hybridized carbons (Fsp3) is 0.217. The van der Waals surface area contributed by atoms with Gasteiger partial charge < -0.3 is 10.0 Å². The lowest BCUT2D eigenvalue weighted by Crippen LogP contribution is -2.35. The number of hydrogen-bond acceptors (Lipinski definition) is 4. The fourth-order valence-corrected chi connectivity index (χ4v) is 3.91. The second-order valence-electron chi connectivity index (χ2n) is 7.18. The van der Waals surface area contributed by atoms with E-state index in [0.717, 1.165) is 29.9 Å². The molecule has 3 aromatic rings. The van der Waals surface area contributed by atoms with Crippen LogP contribution in [0.2, 0.25) is 0 Å². The number of carboxylic acid groups (broad SMARTS) is 1. The van der Waals surface area contributed by atoms with Crippen LogP contribution in [-0.2, 0) is 4.79 Å². The summed E-state index contributed by atoms with van der Waals surface area (Å²) in [4.78, 5) is 19.3. The maximum Gasteiger partial charge on any atom is 0.317 e. The van der Waals surface area contributed by atoms with E-state index in [-0.39, 0.29) is 18.4 Å². The van der Waals surface area contributed by atoms with E-state index in [1.807, 2.05) is 47.4 Å². The van der Waals surface area contributed by atoms with Crippen LogP contribution in [0.5, 0.6) is 0 Å². The van der Waals surface area contributed by atoms with Gasteiger partial charge in [-0.2, -0.15) is 0 Å². The van der Waals surface area contributed by atoms with E-state index in [1.54, 1.807) is 0 Å². The van der Waals surface area contributed by atoms with Gasteiger partial charge in [-0.25, -0.2) is 4.39 Å². The topological polar surface area (TPSA) is 56.7 Å². The molecule has 1 unspecified atom stereocenters. The zero-order chi connectivity index (χ0) is 20.2. The third-order valence-corrected chi connectivity index (χ3v) is 5.23. The monoisotopic (exact) mass is 391 g/mol. The molecule has 29 heavy (non-hydrogen) atoms. The summed E-state index contributed by atoms with van der Waals surface area (Å²) in [5.74, 6) is -1.10. The first-order chi connectivity index (χ1) is 14.1. The van der Waals surface area contributed by atoms with E-state index < -0.39 is 5.97 Å². The lowest BCUT2D eigenvalue weighted by atomic mass is 10.1. The Balaban J connectivity index is 1.64. The van der Waals surface area contributed by atoms with Crippen LogP contribution in [-0.4, -0.2) is 46.6 Å². The van der Waals surface area contributed by atoms with Crippen LogP contribution >= 0.6 is 0 Å². The Hall–Kier alpha value is -3.25. The molecular formula is C23H22FN3O2. The zero-order valence-electron chi connectivity index (χ0n) is 15.9. The molecule has 1 saturated heterocycles. The highest BCUT2D eigenvalue weighted by molar-refractivity contribution is 5.71. The number of benzene rings is 2. The number of halogens is 1. The Morgan fingerprint density at radius 1 is 1.10 bits per heavy atom. The van der Waals surface area contributed by atoms with Gasteiger partial charge in [0.2, 0.25) is 0 Å². The molecule has 148 valence electrons. The molecule has 2 aromatic carbocycles. The second kappa shape index (κ2) is 8.41. The minimum absolute atomic E-state index is 0.0539. The van der Waals surface area contributed by atoms with Crippen molar-refractivity contribution in [2.45, 2.75) is 12.5 Å². The van der Waals surface area contributed by atoms with Crippen molar-refractivity contribution in [3.63, 3.8) is 0 Å². The Morgan fingerprint density at radius 2 is 1.83 bits per heavy atom. The maximum absolute atomic E-state index is 14.1. The number of carboxylic acids is 1. The fourth-order valence-electron chi connectivity index (χ4n) is 3.91. The molecule has 0 bridgehead atoms. The number of pyridine rings is 1. The normalized spacial score (nSPS) is 16.7. The van der Waals surface area contributed by atoms with Gasteiger partial charge >= 0.3 is 5.97 Å². The molecule has 4 rings (SSSR count). The van der Waals surface area contributed by atoms with Crippen molar-refractivity contribution < 1.29 is 14.3 Å². The van der Waals surface area contributed by atoms with Crippen molar-refractivity contribution in [2.75, 3.05) is 24.5 Å². The van der Waals surface area contributed by atoms with Crippen molar-refractivity contribution in [1.82, 2.24) is 9.88 Å². The molecular weight excluding hydrogens is 369 g/mol. The largest absolute Gasteiger partial charge is 0.480 e. The summed E-state index contributed by atoms with van der Waals surface area (Å²) in [5, 5.41) is 9.10. The van der Waals surface area contributed by atoms with E-state index in [0.29, 0.717) is 12.1 Å². The van der Waals surface area contributed by atoms with E-state index in [9.17, 15) is 9.18 Å². The average Bonchev–Trinajstić information content (AvgIpc) is 3.17. The first kappa shape index (κ1) is 19.1. The molecule has 1 aliphatic rings. The number of para-hydroxylation sites is 1. The van der Waals surface area contributed by atoms with Crippen molar-refractivity contribution in [3.8, 4) is 11.1 Å². The van der Waals surface area contributed by atoms with Gasteiger partial charge in [0.1, 0.15) is 5.82 Å². The quantitative estimate of drug-likeness (QED) is 0.683. The first-order valence-corrected chi connectivity index (χ1v) is 9.60. The van der Waals surface area contributed by atoms with Crippen LogP contribution < -0.4 is 4.90 Å². The molecule has 5 nitrogen and oxygen atoms in total. The zero-order valence-corrected chi connectivity index (χ0v) is 15.9. The van der Waals surface area contributed by atoms with E-state index >= 15 is 0 Å². The SMILES string of the molecule is O=C(O)CN1CCC(N(c2ccccc2)c2ccc(-c3cnccc3F)cc2)C1. The summed E-state index contributed by atoms with van der Waals surface area (Å²) < 4.78 is 14.1. The lowest BCUT2D eigenvalue weighted by molar-refractivity contribution is -0.138. The molecule has 1 fully saturated rings. The third-order valence-electron chi connectivity index (χ3n) is 5.23. The molecule has 0 amide bonds. The van der Waals surface area contributed by atoms with Crippen LogP contribution in [0.15, 0.2) is 73.1 Å². The van der Waals surface area contributed by atoms with Crippen LogP contribution in [0, 0.1) is 5.82 Å². The molecule has 6 heteroatoms. The number of hydrogen-bond donors (Lipinski definition) is 1. The molecule has 0 aliphatic carbocycles. The number of aromatic nitrogens is 1. The highest BCUT2D eigenvalue weighted by atomic mass is 19.1. The Labute approximate surface area is 169 Å². The smallest absolute Gasteiger partial charge is 0.317 e. The van der Waals surface area contributed by atoms with Crippen molar-refractivity contribution in [1.29, 1.82) is 0 Å². The minimum Gasteiger partial charge on any atom is -0.480 e. The minimum atomic E-state index is -0.806. The van der Waals surface area contributed by atoms with E-state index in [4.69, 9.17) is 5.11 Å². The molecule has 2 heterocycles. The van der Waals surface area contributed by atoms with Crippen molar-refractivity contribution >= 4 is 17.3 Å². The Bertz CT molecular complexity index is 979. The second-order valence-corrected chi connectivity index (χ2v) is 7.18. The maximum atomic E-state index is 14.1. The number of aliphatic carboxylic acids is 1. The molecule has 0 saturated carbocycles. The predicted molar refractivity (Wildman–Crippen MR) is 111 cm³/mol. The van der Waals surface area contributed by atoms with Crippen LogP contribution in [0.4, 0.5) is 15.8 Å². The van der Waals surface area contributed by atoms with Gasteiger partial charge in [0, 0.05) is 48.5 Å². The molecule has 1 N–H and O–H groups in total. The first-order valence-electron chi connectivity index (χ1n) is 9.60. The number of carbonyl (C=O) groups is 1. The molecule has 1 atom stereocenters. The Kier molecular flexibility index (Phi) is 5.53. The van der Waals surface area contributed by atoms with Crippen LogP contribution in [0.25, 0.3) is 11.1 Å². The van der Waals surface area contributed by atoms with Gasteiger partial charge in [-0.3, -0.25) is 14.7 Å². The number of likely N-dealkylation sites (tertiary alicyclic amines) is 1. The number of anilines is 2. The van der Waals surface area contributed by atoms with Gasteiger partial charge in [-0.05, 0) is 42.3 Å². The summed E-state index contributed by atoms with van der Waals surface area (Å²) in [5.41, 5.74) is 3.28. The van der Waals surface area contributed by atoms with Crippen LogP contribution in [0.1, 0.15) is 6.42 Å². The third kappa shape index (κ3) is 4.27. The summed E-state index contributed by atoms with van der Waals surface area (Å²) in [6.07, 6.45) is 3.84. The molecule has 1 aliphatic heterocycles. The highest BCUT2D eigenvalue weighted by Crippen LogP contribution is 2.33. The number of nitrogens with zero attached hydrogens (tertiary/aromatic N) is 3. The average molecular weight is 391 g/mol. The predicted octanol–water partition coefficient (Wildman–Crippen LogP) is 4.18. The van der Waals surface area contributed by atoms with E-state index in [2.05, 4.69) is 22.0 Å². The van der Waals surface area contributed by atoms with Gasteiger partial charge in [-0.15, -0.1) is 0 Å². The van der Waals surface area contributed by atoms with Gasteiger partial charge in [-0.1, -0.05) is 30.3 Å². The molecule has 1 aromatic heterocycles. The van der Waals surface area contributed by atoms with Gasteiger partial charge in [0.05, 0.1) is 6.54 Å². The number of rotatable bonds is 6. The summed E-state index contributed by atoms with van der Waals surface area (Å²) in [6, 6.07) is 19.3.